The van der Waals surface area contributed by atoms with Crippen molar-refractivity contribution in [3.63, 3.8) is 0 Å². The Morgan fingerprint density at radius 2 is 1.62 bits per heavy atom. The first-order valence-corrected chi connectivity index (χ1v) is 11.9. The standard InChI is InChI=1S/C27H34FN3O3/c1-18(2)20-11-13-22(14-12-20)26(21-8-5-4-6-9-21)30-27(34)24-16-23(28)17-31(24)25(33)10-7-15-29-19(3)32/h4-6,8-9,11-14,18,23-24,26H,7,10,15-17H2,1-3H3,(H,29,32)(H,30,34)/t23-,24+,26+/m1/s1. The Bertz CT molecular complexity index is 978. The smallest absolute Gasteiger partial charge is 0.243 e. The molecule has 0 unspecified atom stereocenters. The van der Waals surface area contributed by atoms with E-state index in [1.54, 1.807) is 0 Å². The van der Waals surface area contributed by atoms with E-state index in [1.807, 2.05) is 42.5 Å². The second kappa shape index (κ2) is 11.8. The molecular weight excluding hydrogens is 433 g/mol. The van der Waals surface area contributed by atoms with Crippen molar-refractivity contribution >= 4 is 17.7 Å². The number of halogens is 1. The molecule has 1 aliphatic heterocycles. The monoisotopic (exact) mass is 467 g/mol. The minimum absolute atomic E-state index is 0.0168. The van der Waals surface area contributed by atoms with Crippen molar-refractivity contribution in [1.82, 2.24) is 15.5 Å². The van der Waals surface area contributed by atoms with Crippen molar-refractivity contribution in [2.75, 3.05) is 13.1 Å². The lowest BCUT2D eigenvalue weighted by atomic mass is 9.95. The lowest BCUT2D eigenvalue weighted by Crippen LogP contribution is -2.47. The van der Waals surface area contributed by atoms with Crippen molar-refractivity contribution in [3.8, 4) is 0 Å². The van der Waals surface area contributed by atoms with Gasteiger partial charge < -0.3 is 15.5 Å². The summed E-state index contributed by atoms with van der Waals surface area (Å²) >= 11 is 0. The number of rotatable bonds is 9. The van der Waals surface area contributed by atoms with Crippen LogP contribution in [-0.4, -0.2) is 47.9 Å². The fraction of sp³-hybridized carbons (Fsp3) is 0.444. The SMILES string of the molecule is CC(=O)NCCCC(=O)N1C[C@H](F)C[C@H]1C(=O)N[C@@H](c1ccccc1)c1ccc(C(C)C)cc1. The number of hydrogen-bond donors (Lipinski definition) is 2. The lowest BCUT2D eigenvalue weighted by molar-refractivity contribution is -0.138. The molecule has 0 bridgehead atoms. The van der Waals surface area contributed by atoms with Gasteiger partial charge in [-0.1, -0.05) is 68.4 Å². The third-order valence-corrected chi connectivity index (χ3v) is 6.17. The highest BCUT2D eigenvalue weighted by Crippen LogP contribution is 2.27. The van der Waals surface area contributed by atoms with E-state index < -0.39 is 18.3 Å². The van der Waals surface area contributed by atoms with Gasteiger partial charge in [0, 0.05) is 26.3 Å². The van der Waals surface area contributed by atoms with E-state index in [1.165, 1.54) is 17.4 Å². The Labute approximate surface area is 200 Å². The maximum absolute atomic E-state index is 14.3. The molecule has 34 heavy (non-hydrogen) atoms. The fourth-order valence-electron chi connectivity index (χ4n) is 4.27. The second-order valence-electron chi connectivity index (χ2n) is 9.16. The number of carbonyl (C=O) groups excluding carboxylic acids is 3. The lowest BCUT2D eigenvalue weighted by Gasteiger charge is -2.27. The largest absolute Gasteiger partial charge is 0.356 e. The molecule has 3 rings (SSSR count). The number of alkyl halides is 1. The molecule has 182 valence electrons. The van der Waals surface area contributed by atoms with Crippen LogP contribution in [0.5, 0.6) is 0 Å². The topological polar surface area (TPSA) is 78.5 Å². The summed E-state index contributed by atoms with van der Waals surface area (Å²) in [4.78, 5) is 38.4. The van der Waals surface area contributed by atoms with E-state index in [0.717, 1.165) is 11.1 Å². The molecule has 0 radical (unpaired) electrons. The van der Waals surface area contributed by atoms with Gasteiger partial charge in [0.25, 0.3) is 0 Å². The van der Waals surface area contributed by atoms with Gasteiger partial charge in [0.15, 0.2) is 0 Å². The highest BCUT2D eigenvalue weighted by molar-refractivity contribution is 5.89. The highest BCUT2D eigenvalue weighted by atomic mass is 19.1. The summed E-state index contributed by atoms with van der Waals surface area (Å²) in [6.07, 6.45) is -0.669. The van der Waals surface area contributed by atoms with Crippen molar-refractivity contribution in [2.24, 2.45) is 0 Å². The van der Waals surface area contributed by atoms with Gasteiger partial charge in [-0.15, -0.1) is 0 Å². The van der Waals surface area contributed by atoms with Crippen molar-refractivity contribution in [1.29, 1.82) is 0 Å². The molecule has 2 N–H and O–H groups in total. The molecule has 7 heteroatoms. The van der Waals surface area contributed by atoms with Crippen molar-refractivity contribution in [2.45, 2.75) is 64.2 Å². The number of nitrogens with zero attached hydrogens (tertiary/aromatic N) is 1. The van der Waals surface area contributed by atoms with Gasteiger partial charge in [-0.2, -0.15) is 0 Å². The number of carbonyl (C=O) groups is 3. The van der Waals surface area contributed by atoms with Gasteiger partial charge in [-0.25, -0.2) is 4.39 Å². The maximum Gasteiger partial charge on any atom is 0.243 e. The molecule has 1 saturated heterocycles. The van der Waals surface area contributed by atoms with Crippen molar-refractivity contribution in [3.05, 3.63) is 71.3 Å². The van der Waals surface area contributed by atoms with E-state index in [-0.39, 0.29) is 37.1 Å². The van der Waals surface area contributed by atoms with Crippen molar-refractivity contribution < 1.29 is 18.8 Å². The van der Waals surface area contributed by atoms with Crippen LogP contribution in [0.25, 0.3) is 0 Å². The van der Waals surface area contributed by atoms with Crippen LogP contribution in [0.4, 0.5) is 4.39 Å². The van der Waals surface area contributed by atoms with Crippen LogP contribution in [0.2, 0.25) is 0 Å². The average Bonchev–Trinajstić information content (AvgIpc) is 3.22. The molecule has 3 atom stereocenters. The first kappa shape index (κ1) is 25.4. The first-order chi connectivity index (χ1) is 16.3. The summed E-state index contributed by atoms with van der Waals surface area (Å²) in [5, 5.41) is 5.72. The molecule has 1 aliphatic rings. The van der Waals surface area contributed by atoms with E-state index in [4.69, 9.17) is 0 Å². The molecular formula is C27H34FN3O3. The predicted octanol–water partition coefficient (Wildman–Crippen LogP) is 3.87. The summed E-state index contributed by atoms with van der Waals surface area (Å²) in [5.74, 6) is -0.410. The number of likely N-dealkylation sites (tertiary alicyclic amines) is 1. The van der Waals surface area contributed by atoms with Crippen LogP contribution in [0.1, 0.15) is 68.7 Å². The summed E-state index contributed by atoms with van der Waals surface area (Å²) in [7, 11) is 0. The molecule has 1 fully saturated rings. The summed E-state index contributed by atoms with van der Waals surface area (Å²) in [6, 6.07) is 16.5. The van der Waals surface area contributed by atoms with E-state index in [9.17, 15) is 18.8 Å². The van der Waals surface area contributed by atoms with E-state index in [0.29, 0.717) is 18.9 Å². The van der Waals surface area contributed by atoms with Crippen LogP contribution in [0, 0.1) is 0 Å². The Morgan fingerprint density at radius 3 is 2.24 bits per heavy atom. The Kier molecular flexibility index (Phi) is 8.79. The van der Waals surface area contributed by atoms with Gasteiger partial charge in [0.05, 0.1) is 12.6 Å². The zero-order chi connectivity index (χ0) is 24.7. The predicted molar refractivity (Wildman–Crippen MR) is 130 cm³/mol. The Hall–Kier alpha value is -3.22. The number of amides is 3. The molecule has 1 heterocycles. The second-order valence-corrected chi connectivity index (χ2v) is 9.16. The number of hydrogen-bond acceptors (Lipinski definition) is 3. The molecule has 0 spiro atoms. The van der Waals surface area contributed by atoms with Gasteiger partial charge in [0.1, 0.15) is 12.2 Å². The third kappa shape index (κ3) is 6.65. The van der Waals surface area contributed by atoms with Crippen LogP contribution >= 0.6 is 0 Å². The summed E-state index contributed by atoms with van der Waals surface area (Å²) in [5.41, 5.74) is 3.04. The third-order valence-electron chi connectivity index (χ3n) is 6.17. The molecule has 6 nitrogen and oxygen atoms in total. The average molecular weight is 468 g/mol. The van der Waals surface area contributed by atoms with E-state index >= 15 is 0 Å². The van der Waals surface area contributed by atoms with Gasteiger partial charge in [-0.05, 0) is 29.0 Å². The zero-order valence-electron chi connectivity index (χ0n) is 20.1. The Morgan fingerprint density at radius 1 is 1.00 bits per heavy atom. The molecule has 0 aliphatic carbocycles. The quantitative estimate of drug-likeness (QED) is 0.550. The molecule has 0 aromatic heterocycles. The molecule has 2 aromatic carbocycles. The van der Waals surface area contributed by atoms with E-state index in [2.05, 4.69) is 36.6 Å². The summed E-state index contributed by atoms with van der Waals surface area (Å²) in [6.45, 7) is 5.95. The molecule has 0 saturated carbocycles. The van der Waals surface area contributed by atoms with Crippen LogP contribution in [-0.2, 0) is 14.4 Å². The minimum atomic E-state index is -1.24. The van der Waals surface area contributed by atoms with Gasteiger partial charge in [0.2, 0.25) is 17.7 Å². The minimum Gasteiger partial charge on any atom is -0.356 e. The fourth-order valence-corrected chi connectivity index (χ4v) is 4.27. The normalized spacial score (nSPS) is 18.6. The Balaban J connectivity index is 1.75. The van der Waals surface area contributed by atoms with Crippen LogP contribution in [0.3, 0.4) is 0 Å². The first-order valence-electron chi connectivity index (χ1n) is 11.9. The number of nitrogens with one attached hydrogen (secondary N) is 2. The molecule has 3 amide bonds. The maximum atomic E-state index is 14.3. The van der Waals surface area contributed by atoms with Crippen LogP contribution in [0.15, 0.2) is 54.6 Å². The van der Waals surface area contributed by atoms with Crippen LogP contribution < -0.4 is 10.6 Å². The zero-order valence-corrected chi connectivity index (χ0v) is 20.1. The highest BCUT2D eigenvalue weighted by Gasteiger charge is 2.40. The van der Waals surface area contributed by atoms with Gasteiger partial charge >= 0.3 is 0 Å². The molecule has 2 aromatic rings. The van der Waals surface area contributed by atoms with Gasteiger partial charge in [-0.3, -0.25) is 14.4 Å². The summed E-state index contributed by atoms with van der Waals surface area (Å²) < 4.78 is 14.3. The number of benzene rings is 2.